The second kappa shape index (κ2) is 4.61. The lowest BCUT2D eigenvalue weighted by Gasteiger charge is -2.24. The van der Waals surface area contributed by atoms with Gasteiger partial charge in [0.2, 0.25) is 0 Å². The number of piperidine rings is 1. The van der Waals surface area contributed by atoms with Gasteiger partial charge in [-0.15, -0.1) is 0 Å². The van der Waals surface area contributed by atoms with Crippen molar-refractivity contribution in [1.82, 2.24) is 4.90 Å². The Morgan fingerprint density at radius 3 is 2.75 bits per heavy atom. The predicted molar refractivity (Wildman–Crippen MR) is 58.4 cm³/mol. The molecule has 1 aromatic rings. The Hall–Kier alpha value is -1.42. The minimum absolute atomic E-state index is 0.322. The number of ketones is 1. The average Bonchev–Trinajstić information content (AvgIpc) is 2.63. The van der Waals surface area contributed by atoms with Crippen molar-refractivity contribution in [2.45, 2.75) is 26.3 Å². The Morgan fingerprint density at radius 1 is 1.44 bits per heavy atom. The number of furan rings is 1. The second-order valence-electron chi connectivity index (χ2n) is 4.19. The van der Waals surface area contributed by atoms with Gasteiger partial charge in [0.05, 0.1) is 18.4 Å². The van der Waals surface area contributed by atoms with Crippen LogP contribution in [0.15, 0.2) is 10.7 Å². The first-order valence-corrected chi connectivity index (χ1v) is 5.47. The largest absolute Gasteiger partial charge is 0.467 e. The molecule has 1 fully saturated rings. The predicted octanol–water partition coefficient (Wildman–Crippen LogP) is 1.57. The van der Waals surface area contributed by atoms with Crippen LogP contribution < -0.4 is 0 Å². The minimum Gasteiger partial charge on any atom is -0.467 e. The number of aryl methyl sites for hydroxylation is 1. The lowest BCUT2D eigenvalue weighted by Crippen LogP contribution is -2.33. The number of carbonyl (C=O) groups excluding carboxylic acids is 2. The van der Waals surface area contributed by atoms with Crippen LogP contribution in [0.5, 0.6) is 0 Å². The fraction of sp³-hybridized carbons (Fsp3) is 0.500. The molecule has 0 N–H and O–H groups in total. The summed E-state index contributed by atoms with van der Waals surface area (Å²) in [5.74, 6) is 1.03. The van der Waals surface area contributed by atoms with Gasteiger partial charge in [-0.2, -0.15) is 0 Å². The molecule has 0 unspecified atom stereocenters. The van der Waals surface area contributed by atoms with Gasteiger partial charge in [0, 0.05) is 25.9 Å². The summed E-state index contributed by atoms with van der Waals surface area (Å²) < 4.78 is 5.36. The van der Waals surface area contributed by atoms with E-state index >= 15 is 0 Å². The van der Waals surface area contributed by atoms with Crippen molar-refractivity contribution in [2.75, 3.05) is 13.1 Å². The summed E-state index contributed by atoms with van der Waals surface area (Å²) in [6.07, 6.45) is 3.66. The quantitative estimate of drug-likeness (QED) is 0.727. The summed E-state index contributed by atoms with van der Waals surface area (Å²) in [7, 11) is 0. The highest BCUT2D eigenvalue weighted by atomic mass is 16.3. The lowest BCUT2D eigenvalue weighted by molar-refractivity contribution is -0.121. The van der Waals surface area contributed by atoms with E-state index in [4.69, 9.17) is 4.42 Å². The molecule has 1 aliphatic rings. The fourth-order valence-electron chi connectivity index (χ4n) is 1.95. The lowest BCUT2D eigenvalue weighted by atomic mass is 10.1. The molecule has 16 heavy (non-hydrogen) atoms. The van der Waals surface area contributed by atoms with Crippen LogP contribution in [-0.4, -0.2) is 30.1 Å². The highest BCUT2D eigenvalue weighted by Crippen LogP contribution is 2.18. The molecule has 0 atom stereocenters. The Kier molecular flexibility index (Phi) is 3.19. The molecule has 0 bridgehead atoms. The van der Waals surface area contributed by atoms with E-state index in [0.29, 0.717) is 36.5 Å². The van der Waals surface area contributed by atoms with Gasteiger partial charge in [-0.1, -0.05) is 0 Å². The summed E-state index contributed by atoms with van der Waals surface area (Å²) >= 11 is 0. The van der Waals surface area contributed by atoms with Crippen molar-refractivity contribution in [1.29, 1.82) is 0 Å². The molecule has 0 amide bonds. The van der Waals surface area contributed by atoms with Crippen molar-refractivity contribution >= 4 is 12.1 Å². The van der Waals surface area contributed by atoms with Crippen LogP contribution >= 0.6 is 0 Å². The zero-order valence-corrected chi connectivity index (χ0v) is 9.36. The first-order valence-electron chi connectivity index (χ1n) is 5.47. The van der Waals surface area contributed by atoms with E-state index in [2.05, 4.69) is 4.90 Å². The van der Waals surface area contributed by atoms with Crippen molar-refractivity contribution in [3.8, 4) is 0 Å². The van der Waals surface area contributed by atoms with Gasteiger partial charge in [-0.25, -0.2) is 0 Å². The number of aldehydes is 1. The zero-order valence-electron chi connectivity index (χ0n) is 9.36. The van der Waals surface area contributed by atoms with Crippen molar-refractivity contribution in [2.24, 2.45) is 0 Å². The van der Waals surface area contributed by atoms with Crippen LogP contribution in [0.25, 0.3) is 0 Å². The maximum atomic E-state index is 11.1. The van der Waals surface area contributed by atoms with Crippen molar-refractivity contribution < 1.29 is 14.0 Å². The normalized spacial score (nSPS) is 17.7. The molecule has 86 valence electrons. The standard InChI is InChI=1S/C12H15NO3/c1-9-8-16-12(11(9)7-14)6-13-4-2-10(15)3-5-13/h7-8H,2-6H2,1H3. The number of nitrogens with zero attached hydrogens (tertiary/aromatic N) is 1. The number of hydrogen-bond acceptors (Lipinski definition) is 4. The molecule has 0 radical (unpaired) electrons. The molecule has 0 aliphatic carbocycles. The topological polar surface area (TPSA) is 50.5 Å². The second-order valence-corrected chi connectivity index (χ2v) is 4.19. The highest BCUT2D eigenvalue weighted by Gasteiger charge is 2.19. The van der Waals surface area contributed by atoms with Crippen LogP contribution in [-0.2, 0) is 11.3 Å². The summed E-state index contributed by atoms with van der Waals surface area (Å²) in [6, 6.07) is 0. The van der Waals surface area contributed by atoms with Crippen molar-refractivity contribution in [3.63, 3.8) is 0 Å². The van der Waals surface area contributed by atoms with E-state index in [1.54, 1.807) is 6.26 Å². The summed E-state index contributed by atoms with van der Waals surface area (Å²) in [5, 5.41) is 0. The van der Waals surface area contributed by atoms with E-state index in [1.807, 2.05) is 6.92 Å². The fourth-order valence-corrected chi connectivity index (χ4v) is 1.95. The van der Waals surface area contributed by atoms with E-state index in [9.17, 15) is 9.59 Å². The average molecular weight is 221 g/mol. The molecular weight excluding hydrogens is 206 g/mol. The highest BCUT2D eigenvalue weighted by molar-refractivity contribution is 5.79. The van der Waals surface area contributed by atoms with Crippen LogP contribution in [0, 0.1) is 6.92 Å². The van der Waals surface area contributed by atoms with Gasteiger partial charge >= 0.3 is 0 Å². The van der Waals surface area contributed by atoms with E-state index in [-0.39, 0.29) is 0 Å². The van der Waals surface area contributed by atoms with E-state index < -0.39 is 0 Å². The van der Waals surface area contributed by atoms with Gasteiger partial charge < -0.3 is 4.42 Å². The molecule has 1 saturated heterocycles. The van der Waals surface area contributed by atoms with Crippen molar-refractivity contribution in [3.05, 3.63) is 23.2 Å². The van der Waals surface area contributed by atoms with E-state index in [1.165, 1.54) is 0 Å². The van der Waals surface area contributed by atoms with Gasteiger partial charge in [0.1, 0.15) is 11.5 Å². The maximum Gasteiger partial charge on any atom is 0.153 e. The number of hydrogen-bond donors (Lipinski definition) is 0. The zero-order chi connectivity index (χ0) is 11.5. The Labute approximate surface area is 94.2 Å². The smallest absolute Gasteiger partial charge is 0.153 e. The Morgan fingerprint density at radius 2 is 2.12 bits per heavy atom. The molecule has 1 aliphatic heterocycles. The first-order chi connectivity index (χ1) is 7.70. The number of rotatable bonds is 3. The molecule has 4 heteroatoms. The summed E-state index contributed by atoms with van der Waals surface area (Å²) in [4.78, 5) is 24.1. The third kappa shape index (κ3) is 2.22. The van der Waals surface area contributed by atoms with Gasteiger partial charge in [0.25, 0.3) is 0 Å². The first kappa shape index (κ1) is 11.1. The Balaban J connectivity index is 2.03. The third-order valence-electron chi connectivity index (χ3n) is 3.00. The summed E-state index contributed by atoms with van der Waals surface area (Å²) in [5.41, 5.74) is 1.52. The Bertz CT molecular complexity index is 398. The van der Waals surface area contributed by atoms with E-state index in [0.717, 1.165) is 24.9 Å². The van der Waals surface area contributed by atoms with Gasteiger partial charge in [-0.3, -0.25) is 14.5 Å². The molecule has 0 spiro atoms. The SMILES string of the molecule is Cc1coc(CN2CCC(=O)CC2)c1C=O. The van der Waals surface area contributed by atoms with Gasteiger partial charge in [0.15, 0.2) is 6.29 Å². The molecule has 1 aromatic heterocycles. The number of carbonyl (C=O) groups is 2. The maximum absolute atomic E-state index is 11.1. The minimum atomic E-state index is 0.322. The molecule has 0 aromatic carbocycles. The summed E-state index contributed by atoms with van der Waals surface area (Å²) in [6.45, 7) is 4.00. The molecule has 0 saturated carbocycles. The van der Waals surface area contributed by atoms with Crippen LogP contribution in [0.3, 0.4) is 0 Å². The molecular formula is C12H15NO3. The molecule has 4 nitrogen and oxygen atoms in total. The molecule has 2 heterocycles. The van der Waals surface area contributed by atoms with Crippen LogP contribution in [0.2, 0.25) is 0 Å². The number of Topliss-reactive ketones (excluding diaryl/α,β-unsaturated/α-hetero) is 1. The monoisotopic (exact) mass is 221 g/mol. The van der Waals surface area contributed by atoms with Gasteiger partial charge in [-0.05, 0) is 12.5 Å². The van der Waals surface area contributed by atoms with Crippen LogP contribution in [0.1, 0.15) is 34.5 Å². The molecule has 2 rings (SSSR count). The number of likely N-dealkylation sites (tertiary alicyclic amines) is 1. The third-order valence-corrected chi connectivity index (χ3v) is 3.00. The van der Waals surface area contributed by atoms with Crippen LogP contribution in [0.4, 0.5) is 0 Å².